The van der Waals surface area contributed by atoms with Crippen LogP contribution in [0.1, 0.15) is 19.8 Å². The summed E-state index contributed by atoms with van der Waals surface area (Å²) in [5, 5.41) is 0. The van der Waals surface area contributed by atoms with Crippen molar-refractivity contribution in [2.75, 3.05) is 6.54 Å². The molecular formula is C6H10INO. The highest BCUT2D eigenvalue weighted by atomic mass is 127. The van der Waals surface area contributed by atoms with Crippen LogP contribution in [-0.4, -0.2) is 15.6 Å². The molecule has 1 rings (SSSR count). The van der Waals surface area contributed by atoms with Crippen LogP contribution in [-0.2, 0) is 4.79 Å². The highest BCUT2D eigenvalue weighted by Crippen LogP contribution is 2.19. The lowest BCUT2D eigenvalue weighted by atomic mass is 10.0. The molecule has 0 aromatic heterocycles. The maximum absolute atomic E-state index is 11.0. The van der Waals surface area contributed by atoms with Crippen molar-refractivity contribution in [2.24, 2.45) is 5.92 Å². The summed E-state index contributed by atoms with van der Waals surface area (Å²) in [6, 6.07) is 0. The second-order valence-electron chi connectivity index (χ2n) is 2.47. The van der Waals surface area contributed by atoms with Crippen molar-refractivity contribution in [1.82, 2.24) is 3.11 Å². The molecule has 1 aliphatic rings. The van der Waals surface area contributed by atoms with Gasteiger partial charge in [0.2, 0.25) is 5.91 Å². The molecule has 0 spiro atoms. The summed E-state index contributed by atoms with van der Waals surface area (Å²) >= 11 is 2.08. The van der Waals surface area contributed by atoms with E-state index in [0.29, 0.717) is 5.91 Å². The highest BCUT2D eigenvalue weighted by molar-refractivity contribution is 14.1. The molecule has 0 aromatic carbocycles. The monoisotopic (exact) mass is 239 g/mol. The number of rotatable bonds is 0. The van der Waals surface area contributed by atoms with Crippen LogP contribution < -0.4 is 0 Å². The topological polar surface area (TPSA) is 20.3 Å². The smallest absolute Gasteiger partial charge is 0.234 e. The first-order chi connectivity index (χ1) is 4.22. The van der Waals surface area contributed by atoms with Gasteiger partial charge in [-0.15, -0.1) is 0 Å². The Kier molecular flexibility index (Phi) is 2.32. The third-order valence-electron chi connectivity index (χ3n) is 1.65. The number of carbonyl (C=O) groups excluding carboxylic acids is 1. The predicted octanol–water partition coefficient (Wildman–Crippen LogP) is 1.59. The number of carbonyl (C=O) groups is 1. The van der Waals surface area contributed by atoms with E-state index >= 15 is 0 Å². The van der Waals surface area contributed by atoms with Gasteiger partial charge in [-0.3, -0.25) is 7.91 Å². The van der Waals surface area contributed by atoms with Crippen molar-refractivity contribution < 1.29 is 4.79 Å². The zero-order valence-electron chi connectivity index (χ0n) is 5.43. The van der Waals surface area contributed by atoms with Crippen LogP contribution in [0, 0.1) is 5.92 Å². The van der Waals surface area contributed by atoms with Crippen molar-refractivity contribution in [3.63, 3.8) is 0 Å². The molecule has 1 amide bonds. The van der Waals surface area contributed by atoms with Gasteiger partial charge in [0.1, 0.15) is 0 Å². The van der Waals surface area contributed by atoms with Crippen LogP contribution in [0.4, 0.5) is 0 Å². The molecule has 0 aromatic rings. The minimum Gasteiger partial charge on any atom is -0.285 e. The van der Waals surface area contributed by atoms with Crippen LogP contribution in [0.15, 0.2) is 0 Å². The maximum Gasteiger partial charge on any atom is 0.234 e. The third-order valence-corrected chi connectivity index (χ3v) is 2.61. The van der Waals surface area contributed by atoms with Crippen LogP contribution in [0.5, 0.6) is 0 Å². The summed E-state index contributed by atoms with van der Waals surface area (Å²) in [7, 11) is 0. The van der Waals surface area contributed by atoms with Gasteiger partial charge in [-0.05, 0) is 12.8 Å². The quantitative estimate of drug-likeness (QED) is 0.464. The Morgan fingerprint density at radius 3 is 2.89 bits per heavy atom. The predicted molar refractivity (Wildman–Crippen MR) is 44.1 cm³/mol. The molecule has 1 atom stereocenters. The lowest BCUT2D eigenvalue weighted by molar-refractivity contribution is -0.130. The van der Waals surface area contributed by atoms with Crippen LogP contribution in [0.25, 0.3) is 0 Å². The fourth-order valence-corrected chi connectivity index (χ4v) is 1.83. The average molecular weight is 239 g/mol. The standard InChI is InChI=1S/C6H10INO/c1-5-3-2-4-8(7)6(5)9/h5H,2-4H2,1H3. The van der Waals surface area contributed by atoms with E-state index in [1.807, 2.05) is 6.92 Å². The molecule has 0 aliphatic carbocycles. The summed E-state index contributed by atoms with van der Waals surface area (Å²) in [4.78, 5) is 11.0. The molecule has 1 unspecified atom stereocenters. The zero-order valence-corrected chi connectivity index (χ0v) is 7.59. The van der Waals surface area contributed by atoms with E-state index in [2.05, 4.69) is 22.9 Å². The van der Waals surface area contributed by atoms with Gasteiger partial charge in [0.25, 0.3) is 0 Å². The Morgan fingerprint density at radius 2 is 2.44 bits per heavy atom. The van der Waals surface area contributed by atoms with Gasteiger partial charge in [-0.25, -0.2) is 0 Å². The van der Waals surface area contributed by atoms with Crippen LogP contribution in [0.2, 0.25) is 0 Å². The number of hydrogen-bond acceptors (Lipinski definition) is 1. The van der Waals surface area contributed by atoms with Gasteiger partial charge < -0.3 is 0 Å². The molecular weight excluding hydrogens is 229 g/mol. The van der Waals surface area contributed by atoms with Gasteiger partial charge in [0, 0.05) is 12.5 Å². The van der Waals surface area contributed by atoms with Gasteiger partial charge in [-0.1, -0.05) is 6.92 Å². The summed E-state index contributed by atoms with van der Waals surface area (Å²) in [5.74, 6) is 0.553. The van der Waals surface area contributed by atoms with Crippen LogP contribution in [0.3, 0.4) is 0 Å². The molecule has 1 heterocycles. The summed E-state index contributed by atoms with van der Waals surface area (Å²) in [6.07, 6.45) is 2.23. The molecule has 1 aliphatic heterocycles. The molecule has 0 bridgehead atoms. The molecule has 0 N–H and O–H groups in total. The van der Waals surface area contributed by atoms with Gasteiger partial charge in [0.05, 0.1) is 22.9 Å². The fourth-order valence-electron chi connectivity index (χ4n) is 1.01. The normalized spacial score (nSPS) is 28.9. The Morgan fingerprint density at radius 1 is 1.78 bits per heavy atom. The fraction of sp³-hybridized carbons (Fsp3) is 0.833. The first-order valence-corrected chi connectivity index (χ1v) is 4.15. The Bertz CT molecular complexity index is 114. The van der Waals surface area contributed by atoms with E-state index in [4.69, 9.17) is 0 Å². The second kappa shape index (κ2) is 2.86. The summed E-state index contributed by atoms with van der Waals surface area (Å²) in [5.41, 5.74) is 0. The van der Waals surface area contributed by atoms with E-state index in [1.54, 1.807) is 3.11 Å². The molecule has 0 saturated carbocycles. The average Bonchev–Trinajstić information content (AvgIpc) is 1.83. The summed E-state index contributed by atoms with van der Waals surface area (Å²) < 4.78 is 1.78. The number of piperidine rings is 1. The van der Waals surface area contributed by atoms with Crippen molar-refractivity contribution in [3.05, 3.63) is 0 Å². The lowest BCUT2D eigenvalue weighted by Crippen LogP contribution is -2.32. The number of amides is 1. The Labute approximate surface area is 69.1 Å². The highest BCUT2D eigenvalue weighted by Gasteiger charge is 2.22. The Hall–Kier alpha value is 0.200. The van der Waals surface area contributed by atoms with Crippen molar-refractivity contribution >= 4 is 28.8 Å². The van der Waals surface area contributed by atoms with E-state index in [-0.39, 0.29) is 5.92 Å². The SMILES string of the molecule is CC1CCCN(I)C1=O. The number of hydrogen-bond donors (Lipinski definition) is 0. The van der Waals surface area contributed by atoms with Gasteiger partial charge >= 0.3 is 0 Å². The lowest BCUT2D eigenvalue weighted by Gasteiger charge is -2.24. The minimum atomic E-state index is 0.260. The number of halogens is 1. The zero-order chi connectivity index (χ0) is 6.85. The summed E-state index contributed by atoms with van der Waals surface area (Å²) in [6.45, 7) is 2.93. The first-order valence-electron chi connectivity index (χ1n) is 3.19. The molecule has 0 radical (unpaired) electrons. The molecule has 2 nitrogen and oxygen atoms in total. The molecule has 3 heteroatoms. The van der Waals surface area contributed by atoms with Crippen molar-refractivity contribution in [1.29, 1.82) is 0 Å². The van der Waals surface area contributed by atoms with E-state index in [0.717, 1.165) is 19.4 Å². The second-order valence-corrected chi connectivity index (χ2v) is 3.63. The maximum atomic E-state index is 11.0. The van der Waals surface area contributed by atoms with Gasteiger partial charge in [-0.2, -0.15) is 0 Å². The third kappa shape index (κ3) is 1.56. The van der Waals surface area contributed by atoms with E-state index in [9.17, 15) is 4.79 Å². The van der Waals surface area contributed by atoms with E-state index in [1.165, 1.54) is 0 Å². The largest absolute Gasteiger partial charge is 0.285 e. The number of nitrogens with zero attached hydrogens (tertiary/aromatic N) is 1. The van der Waals surface area contributed by atoms with Crippen molar-refractivity contribution in [3.8, 4) is 0 Å². The molecule has 52 valence electrons. The Balaban J connectivity index is 2.52. The van der Waals surface area contributed by atoms with E-state index < -0.39 is 0 Å². The van der Waals surface area contributed by atoms with Gasteiger partial charge in [0.15, 0.2) is 0 Å². The van der Waals surface area contributed by atoms with Crippen molar-refractivity contribution in [2.45, 2.75) is 19.8 Å². The first kappa shape index (κ1) is 7.31. The van der Waals surface area contributed by atoms with Crippen LogP contribution >= 0.6 is 22.9 Å². The molecule has 1 fully saturated rings. The molecule has 1 saturated heterocycles. The molecule has 9 heavy (non-hydrogen) atoms. The minimum absolute atomic E-state index is 0.260.